The van der Waals surface area contributed by atoms with Gasteiger partial charge in [0.05, 0.1) is 6.04 Å². The molecule has 1 aliphatic rings. The SMILES string of the molecule is CCCN(C(=O)COc1ccc2c(c1)CCC(=O)N2)[C@H](C)c1ccccc1Br. The molecule has 2 aromatic rings. The van der Waals surface area contributed by atoms with Crippen LogP contribution in [0.2, 0.25) is 0 Å². The summed E-state index contributed by atoms with van der Waals surface area (Å²) < 4.78 is 6.78. The zero-order valence-corrected chi connectivity index (χ0v) is 17.8. The Labute approximate surface area is 174 Å². The van der Waals surface area contributed by atoms with Crippen LogP contribution in [-0.4, -0.2) is 29.9 Å². The molecule has 0 fully saturated rings. The Balaban J connectivity index is 1.68. The van der Waals surface area contributed by atoms with Crippen molar-refractivity contribution in [1.29, 1.82) is 0 Å². The van der Waals surface area contributed by atoms with Crippen LogP contribution in [0.25, 0.3) is 0 Å². The normalized spacial score (nSPS) is 14.0. The van der Waals surface area contributed by atoms with E-state index in [0.29, 0.717) is 25.1 Å². The summed E-state index contributed by atoms with van der Waals surface area (Å²) in [6.45, 7) is 4.75. The van der Waals surface area contributed by atoms with E-state index in [4.69, 9.17) is 4.74 Å². The second kappa shape index (κ2) is 9.24. The number of rotatable bonds is 7. The summed E-state index contributed by atoms with van der Waals surface area (Å²) in [6.07, 6.45) is 2.04. The predicted molar refractivity (Wildman–Crippen MR) is 113 cm³/mol. The van der Waals surface area contributed by atoms with Crippen LogP contribution >= 0.6 is 15.9 Å². The van der Waals surface area contributed by atoms with Crippen LogP contribution < -0.4 is 10.1 Å². The van der Waals surface area contributed by atoms with Crippen LogP contribution in [0.1, 0.15) is 43.9 Å². The molecule has 1 aliphatic heterocycles. The molecule has 0 aliphatic carbocycles. The number of aryl methyl sites for hydroxylation is 1. The van der Waals surface area contributed by atoms with Gasteiger partial charge in [-0.15, -0.1) is 0 Å². The number of benzene rings is 2. The smallest absolute Gasteiger partial charge is 0.261 e. The molecule has 0 saturated heterocycles. The molecule has 5 nitrogen and oxygen atoms in total. The van der Waals surface area contributed by atoms with Crippen molar-refractivity contribution in [1.82, 2.24) is 4.90 Å². The van der Waals surface area contributed by atoms with Gasteiger partial charge < -0.3 is 15.0 Å². The topological polar surface area (TPSA) is 58.6 Å². The molecule has 0 bridgehead atoms. The van der Waals surface area contributed by atoms with E-state index < -0.39 is 0 Å². The Morgan fingerprint density at radius 1 is 1.25 bits per heavy atom. The van der Waals surface area contributed by atoms with E-state index in [0.717, 1.165) is 27.7 Å². The van der Waals surface area contributed by atoms with Gasteiger partial charge in [-0.1, -0.05) is 41.1 Å². The Morgan fingerprint density at radius 3 is 2.79 bits per heavy atom. The standard InChI is InChI=1S/C22H25BrN2O3/c1-3-12-25(15(2)18-6-4-5-7-19(18)23)22(27)14-28-17-9-10-20-16(13-17)8-11-21(26)24-20/h4-7,9-10,13,15H,3,8,11-12,14H2,1-2H3,(H,24,26)/t15-/m1/s1. The largest absolute Gasteiger partial charge is 0.484 e. The first-order valence-electron chi connectivity index (χ1n) is 9.59. The molecule has 0 aromatic heterocycles. The molecule has 0 spiro atoms. The minimum atomic E-state index is -0.0506. The fourth-order valence-electron chi connectivity index (χ4n) is 3.43. The number of anilines is 1. The van der Waals surface area contributed by atoms with Crippen molar-refractivity contribution < 1.29 is 14.3 Å². The molecular formula is C22H25BrN2O3. The lowest BCUT2D eigenvalue weighted by atomic mass is 10.0. The molecule has 0 saturated carbocycles. The highest BCUT2D eigenvalue weighted by Crippen LogP contribution is 2.29. The highest BCUT2D eigenvalue weighted by molar-refractivity contribution is 9.10. The highest BCUT2D eigenvalue weighted by Gasteiger charge is 2.23. The fourth-order valence-corrected chi connectivity index (χ4v) is 4.05. The van der Waals surface area contributed by atoms with Gasteiger partial charge in [0.25, 0.3) is 5.91 Å². The maximum absolute atomic E-state index is 12.9. The van der Waals surface area contributed by atoms with Gasteiger partial charge in [0, 0.05) is 23.1 Å². The van der Waals surface area contributed by atoms with Crippen molar-refractivity contribution in [3.05, 3.63) is 58.1 Å². The quantitative estimate of drug-likeness (QED) is 0.672. The first-order valence-corrected chi connectivity index (χ1v) is 10.4. The summed E-state index contributed by atoms with van der Waals surface area (Å²) in [5, 5.41) is 2.85. The number of fused-ring (bicyclic) bond motifs is 1. The lowest BCUT2D eigenvalue weighted by Crippen LogP contribution is -2.37. The maximum Gasteiger partial charge on any atom is 0.261 e. The third-order valence-electron chi connectivity index (χ3n) is 4.94. The molecule has 1 atom stereocenters. The van der Waals surface area contributed by atoms with Gasteiger partial charge in [0.1, 0.15) is 5.75 Å². The lowest BCUT2D eigenvalue weighted by molar-refractivity contribution is -0.135. The van der Waals surface area contributed by atoms with E-state index in [1.54, 1.807) is 6.07 Å². The van der Waals surface area contributed by atoms with Crippen molar-refractivity contribution >= 4 is 33.4 Å². The monoisotopic (exact) mass is 444 g/mol. The maximum atomic E-state index is 12.9. The van der Waals surface area contributed by atoms with Gasteiger partial charge in [-0.2, -0.15) is 0 Å². The van der Waals surface area contributed by atoms with Crippen LogP contribution in [-0.2, 0) is 16.0 Å². The first kappa shape index (κ1) is 20.4. The average Bonchev–Trinajstić information content (AvgIpc) is 2.70. The van der Waals surface area contributed by atoms with Gasteiger partial charge in [0.15, 0.2) is 6.61 Å². The first-order chi connectivity index (χ1) is 13.5. The summed E-state index contributed by atoms with van der Waals surface area (Å²) in [5.41, 5.74) is 2.94. The second-order valence-electron chi connectivity index (χ2n) is 6.94. The summed E-state index contributed by atoms with van der Waals surface area (Å²) >= 11 is 3.58. The minimum Gasteiger partial charge on any atom is -0.484 e. The van der Waals surface area contributed by atoms with Crippen LogP contribution in [0.15, 0.2) is 46.9 Å². The summed E-state index contributed by atoms with van der Waals surface area (Å²) in [5.74, 6) is 0.636. The number of amides is 2. The molecule has 0 radical (unpaired) electrons. The number of nitrogens with zero attached hydrogens (tertiary/aromatic N) is 1. The number of hydrogen-bond donors (Lipinski definition) is 1. The van der Waals surface area contributed by atoms with E-state index in [2.05, 4.69) is 28.2 Å². The van der Waals surface area contributed by atoms with Crippen LogP contribution in [0.4, 0.5) is 5.69 Å². The van der Waals surface area contributed by atoms with Crippen LogP contribution in [0.3, 0.4) is 0 Å². The van der Waals surface area contributed by atoms with Crippen molar-refractivity contribution in [3.63, 3.8) is 0 Å². The molecule has 1 N–H and O–H groups in total. The van der Waals surface area contributed by atoms with Crippen LogP contribution in [0, 0.1) is 0 Å². The Morgan fingerprint density at radius 2 is 2.04 bits per heavy atom. The molecule has 2 aromatic carbocycles. The molecule has 0 unspecified atom stereocenters. The van der Waals surface area contributed by atoms with Gasteiger partial charge >= 0.3 is 0 Å². The van der Waals surface area contributed by atoms with Gasteiger partial charge in [0.2, 0.25) is 5.91 Å². The van der Waals surface area contributed by atoms with Crippen LogP contribution in [0.5, 0.6) is 5.75 Å². The van der Waals surface area contributed by atoms with Gasteiger partial charge in [-0.3, -0.25) is 9.59 Å². The summed E-state index contributed by atoms with van der Waals surface area (Å²) in [7, 11) is 0. The number of ether oxygens (including phenoxy) is 1. The van der Waals surface area contributed by atoms with E-state index >= 15 is 0 Å². The van der Waals surface area contributed by atoms with Crippen molar-refractivity contribution in [2.45, 2.75) is 39.2 Å². The van der Waals surface area contributed by atoms with E-state index in [-0.39, 0.29) is 24.5 Å². The number of carbonyl (C=O) groups excluding carboxylic acids is 2. The van der Waals surface area contributed by atoms with Gasteiger partial charge in [-0.05, 0) is 55.2 Å². The summed E-state index contributed by atoms with van der Waals surface area (Å²) in [4.78, 5) is 26.2. The number of hydrogen-bond acceptors (Lipinski definition) is 3. The third kappa shape index (κ3) is 4.73. The van der Waals surface area contributed by atoms with E-state index in [1.165, 1.54) is 0 Å². The number of carbonyl (C=O) groups is 2. The molecule has 1 heterocycles. The molecule has 148 valence electrons. The zero-order chi connectivity index (χ0) is 20.1. The molecule has 28 heavy (non-hydrogen) atoms. The van der Waals surface area contributed by atoms with E-state index in [9.17, 15) is 9.59 Å². The minimum absolute atomic E-state index is 0.0139. The number of halogens is 1. The highest BCUT2D eigenvalue weighted by atomic mass is 79.9. The molecule has 3 rings (SSSR count). The number of nitrogens with one attached hydrogen (secondary N) is 1. The Kier molecular flexibility index (Phi) is 6.73. The molecule has 6 heteroatoms. The predicted octanol–water partition coefficient (Wildman–Crippen LogP) is 4.71. The fraction of sp³-hybridized carbons (Fsp3) is 0.364. The molecule has 2 amide bonds. The zero-order valence-electron chi connectivity index (χ0n) is 16.2. The molecular weight excluding hydrogens is 420 g/mol. The van der Waals surface area contributed by atoms with Crippen molar-refractivity contribution in [2.24, 2.45) is 0 Å². The van der Waals surface area contributed by atoms with Crippen molar-refractivity contribution in [3.8, 4) is 5.75 Å². The van der Waals surface area contributed by atoms with Crippen molar-refractivity contribution in [2.75, 3.05) is 18.5 Å². The summed E-state index contributed by atoms with van der Waals surface area (Å²) in [6, 6.07) is 13.4. The Bertz CT molecular complexity index is 869. The second-order valence-corrected chi connectivity index (χ2v) is 7.79. The van der Waals surface area contributed by atoms with E-state index in [1.807, 2.05) is 48.2 Å². The van der Waals surface area contributed by atoms with Gasteiger partial charge in [-0.25, -0.2) is 0 Å². The lowest BCUT2D eigenvalue weighted by Gasteiger charge is -2.30. The third-order valence-corrected chi connectivity index (χ3v) is 5.66. The Hall–Kier alpha value is -2.34. The average molecular weight is 445 g/mol.